The molecule has 160 valence electrons. The van der Waals surface area contributed by atoms with E-state index in [0.717, 1.165) is 33.0 Å². The summed E-state index contributed by atoms with van der Waals surface area (Å²) < 4.78 is 0. The predicted molar refractivity (Wildman–Crippen MR) is 130 cm³/mol. The van der Waals surface area contributed by atoms with E-state index < -0.39 is 0 Å². The molecule has 4 nitrogen and oxygen atoms in total. The molecular formula is C25H25ClN2O2S. The highest BCUT2D eigenvalue weighted by atomic mass is 35.5. The highest BCUT2D eigenvalue weighted by molar-refractivity contribution is 8.00. The number of carbonyl (C=O) groups excluding carboxylic acids is 2. The van der Waals surface area contributed by atoms with E-state index in [0.29, 0.717) is 5.02 Å². The lowest BCUT2D eigenvalue weighted by Crippen LogP contribution is -2.22. The van der Waals surface area contributed by atoms with Gasteiger partial charge in [0.1, 0.15) is 0 Å². The molecular weight excluding hydrogens is 428 g/mol. The fourth-order valence-corrected chi connectivity index (χ4v) is 3.97. The van der Waals surface area contributed by atoms with Gasteiger partial charge in [-0.1, -0.05) is 35.9 Å². The van der Waals surface area contributed by atoms with Crippen molar-refractivity contribution in [2.45, 2.75) is 37.3 Å². The summed E-state index contributed by atoms with van der Waals surface area (Å²) >= 11 is 7.35. The molecule has 0 radical (unpaired) electrons. The molecule has 0 aliphatic carbocycles. The summed E-state index contributed by atoms with van der Waals surface area (Å²) in [5, 5.41) is 6.29. The number of hydrogen-bond acceptors (Lipinski definition) is 3. The van der Waals surface area contributed by atoms with Gasteiger partial charge in [-0.2, -0.15) is 0 Å². The number of anilines is 2. The lowest BCUT2D eigenvalue weighted by Gasteiger charge is -2.14. The molecule has 0 aromatic heterocycles. The van der Waals surface area contributed by atoms with Crippen LogP contribution in [0.25, 0.3) is 0 Å². The van der Waals surface area contributed by atoms with E-state index in [2.05, 4.69) is 10.6 Å². The maximum absolute atomic E-state index is 12.6. The normalized spacial score (nSPS) is 11.6. The van der Waals surface area contributed by atoms with Crippen molar-refractivity contribution in [3.05, 3.63) is 88.4 Å². The molecule has 6 heteroatoms. The summed E-state index contributed by atoms with van der Waals surface area (Å²) in [7, 11) is 0. The summed E-state index contributed by atoms with van der Waals surface area (Å²) in [5.74, 6) is -0.136. The molecule has 31 heavy (non-hydrogen) atoms. The maximum Gasteiger partial charge on any atom is 0.237 e. The third-order valence-electron chi connectivity index (χ3n) is 4.75. The van der Waals surface area contributed by atoms with E-state index in [1.165, 1.54) is 11.8 Å². The van der Waals surface area contributed by atoms with Crippen LogP contribution in [0.4, 0.5) is 11.4 Å². The molecule has 0 aliphatic rings. The molecule has 2 amide bonds. The number of aryl methyl sites for hydroxylation is 2. The van der Waals surface area contributed by atoms with Crippen molar-refractivity contribution in [3.8, 4) is 0 Å². The Labute approximate surface area is 192 Å². The van der Waals surface area contributed by atoms with Gasteiger partial charge in [-0.25, -0.2) is 0 Å². The number of halogens is 1. The van der Waals surface area contributed by atoms with Gasteiger partial charge in [-0.05, 0) is 79.9 Å². The second kappa shape index (κ2) is 10.5. The number of amides is 2. The lowest BCUT2D eigenvalue weighted by atomic mass is 10.1. The lowest BCUT2D eigenvalue weighted by molar-refractivity contribution is -0.116. The quantitative estimate of drug-likeness (QED) is 0.416. The van der Waals surface area contributed by atoms with Gasteiger partial charge in [0, 0.05) is 21.3 Å². The Morgan fingerprint density at radius 2 is 1.61 bits per heavy atom. The zero-order valence-corrected chi connectivity index (χ0v) is 19.3. The molecule has 3 aromatic carbocycles. The van der Waals surface area contributed by atoms with Gasteiger partial charge in [0.2, 0.25) is 11.8 Å². The van der Waals surface area contributed by atoms with Gasteiger partial charge in [0.25, 0.3) is 0 Å². The van der Waals surface area contributed by atoms with E-state index in [-0.39, 0.29) is 23.5 Å². The standard InChI is InChI=1S/C25H25ClN2O2S/c1-16-4-5-17(2)23(14-16)28-25(30)18(3)31-22-12-10-21(11-13-22)27-24(29)15-19-6-8-20(26)9-7-19/h4-14,18H,15H2,1-3H3,(H,27,29)(H,28,30). The Morgan fingerprint density at radius 1 is 0.935 bits per heavy atom. The molecule has 0 spiro atoms. The van der Waals surface area contributed by atoms with Gasteiger partial charge in [-0.15, -0.1) is 11.8 Å². The third kappa shape index (κ3) is 6.88. The molecule has 3 aromatic rings. The van der Waals surface area contributed by atoms with E-state index in [9.17, 15) is 9.59 Å². The zero-order valence-electron chi connectivity index (χ0n) is 17.7. The Hall–Kier alpha value is -2.76. The molecule has 1 atom stereocenters. The van der Waals surface area contributed by atoms with Crippen molar-refractivity contribution in [1.29, 1.82) is 0 Å². The smallest absolute Gasteiger partial charge is 0.237 e. The minimum atomic E-state index is -0.259. The van der Waals surface area contributed by atoms with Crippen LogP contribution in [0, 0.1) is 13.8 Å². The highest BCUT2D eigenvalue weighted by Gasteiger charge is 2.15. The van der Waals surface area contributed by atoms with Crippen LogP contribution in [0.5, 0.6) is 0 Å². The van der Waals surface area contributed by atoms with E-state index in [4.69, 9.17) is 11.6 Å². The van der Waals surface area contributed by atoms with Gasteiger partial charge >= 0.3 is 0 Å². The van der Waals surface area contributed by atoms with Crippen LogP contribution in [0.3, 0.4) is 0 Å². The first kappa shape index (κ1) is 22.9. The number of thioether (sulfide) groups is 1. The summed E-state index contributed by atoms with van der Waals surface area (Å²) in [4.78, 5) is 25.8. The Bertz CT molecular complexity index is 1070. The monoisotopic (exact) mass is 452 g/mol. The highest BCUT2D eigenvalue weighted by Crippen LogP contribution is 2.26. The number of benzene rings is 3. The van der Waals surface area contributed by atoms with E-state index in [1.807, 2.05) is 75.4 Å². The van der Waals surface area contributed by atoms with Gasteiger partial charge in [-0.3, -0.25) is 9.59 Å². The van der Waals surface area contributed by atoms with E-state index >= 15 is 0 Å². The molecule has 0 fully saturated rings. The maximum atomic E-state index is 12.6. The molecule has 0 bridgehead atoms. The van der Waals surface area contributed by atoms with Crippen molar-refractivity contribution in [2.24, 2.45) is 0 Å². The van der Waals surface area contributed by atoms with Crippen LogP contribution < -0.4 is 10.6 Å². The van der Waals surface area contributed by atoms with Gasteiger partial charge in [0.15, 0.2) is 0 Å². The first-order chi connectivity index (χ1) is 14.8. The van der Waals surface area contributed by atoms with Crippen molar-refractivity contribution < 1.29 is 9.59 Å². The minimum Gasteiger partial charge on any atom is -0.326 e. The van der Waals surface area contributed by atoms with Crippen LogP contribution >= 0.6 is 23.4 Å². The number of nitrogens with one attached hydrogen (secondary N) is 2. The van der Waals surface area contributed by atoms with Gasteiger partial charge in [0.05, 0.1) is 11.7 Å². The summed E-state index contributed by atoms with van der Waals surface area (Å²) in [6.07, 6.45) is 0.281. The van der Waals surface area contributed by atoms with Crippen LogP contribution in [0.2, 0.25) is 5.02 Å². The predicted octanol–water partition coefficient (Wildman–Crippen LogP) is 6.26. The van der Waals surface area contributed by atoms with Crippen molar-refractivity contribution >= 4 is 46.6 Å². The SMILES string of the molecule is Cc1ccc(C)c(NC(=O)C(C)Sc2ccc(NC(=O)Cc3ccc(Cl)cc3)cc2)c1. The van der Waals surface area contributed by atoms with Crippen LogP contribution in [0.1, 0.15) is 23.6 Å². The average molecular weight is 453 g/mol. The fraction of sp³-hybridized carbons (Fsp3) is 0.200. The van der Waals surface area contributed by atoms with Crippen molar-refractivity contribution in [2.75, 3.05) is 10.6 Å². The second-order valence-corrected chi connectivity index (χ2v) is 9.29. The van der Waals surface area contributed by atoms with Crippen LogP contribution in [-0.4, -0.2) is 17.1 Å². The fourth-order valence-electron chi connectivity index (χ4n) is 2.97. The summed E-state index contributed by atoms with van der Waals surface area (Å²) in [5.41, 5.74) is 4.61. The molecule has 3 rings (SSSR count). The Kier molecular flexibility index (Phi) is 7.77. The topological polar surface area (TPSA) is 58.2 Å². The zero-order chi connectivity index (χ0) is 22.4. The number of rotatable bonds is 7. The van der Waals surface area contributed by atoms with Crippen LogP contribution in [0.15, 0.2) is 71.6 Å². The largest absolute Gasteiger partial charge is 0.326 e. The molecule has 0 heterocycles. The van der Waals surface area contributed by atoms with Crippen LogP contribution in [-0.2, 0) is 16.0 Å². The molecule has 0 saturated heterocycles. The first-order valence-corrected chi connectivity index (χ1v) is 11.2. The first-order valence-electron chi connectivity index (χ1n) is 9.99. The minimum absolute atomic E-state index is 0.0426. The summed E-state index contributed by atoms with van der Waals surface area (Å²) in [6.45, 7) is 5.86. The Morgan fingerprint density at radius 3 is 2.29 bits per heavy atom. The van der Waals surface area contributed by atoms with Crippen molar-refractivity contribution in [1.82, 2.24) is 0 Å². The molecule has 2 N–H and O–H groups in total. The second-order valence-electron chi connectivity index (χ2n) is 7.44. The molecule has 0 aliphatic heterocycles. The number of hydrogen-bond donors (Lipinski definition) is 2. The Balaban J connectivity index is 1.53. The average Bonchev–Trinajstić information content (AvgIpc) is 2.73. The van der Waals surface area contributed by atoms with Crippen molar-refractivity contribution in [3.63, 3.8) is 0 Å². The third-order valence-corrected chi connectivity index (χ3v) is 6.11. The number of carbonyl (C=O) groups is 2. The summed E-state index contributed by atoms with van der Waals surface area (Å²) in [6, 6.07) is 20.7. The van der Waals surface area contributed by atoms with Gasteiger partial charge < -0.3 is 10.6 Å². The molecule has 1 unspecified atom stereocenters. The van der Waals surface area contributed by atoms with E-state index in [1.54, 1.807) is 12.1 Å². The molecule has 0 saturated carbocycles.